The van der Waals surface area contributed by atoms with E-state index in [0.717, 1.165) is 31.9 Å². The van der Waals surface area contributed by atoms with Crippen LogP contribution in [0.4, 0.5) is 0 Å². The lowest BCUT2D eigenvalue weighted by molar-refractivity contribution is 0.203. The van der Waals surface area contributed by atoms with Gasteiger partial charge in [0.25, 0.3) is 0 Å². The summed E-state index contributed by atoms with van der Waals surface area (Å²) >= 11 is 0. The van der Waals surface area contributed by atoms with Crippen LogP contribution in [0.1, 0.15) is 31.4 Å². The van der Waals surface area contributed by atoms with Crippen molar-refractivity contribution < 1.29 is 4.42 Å². The van der Waals surface area contributed by atoms with Gasteiger partial charge in [-0.1, -0.05) is 18.9 Å². The molecule has 0 bridgehead atoms. The number of piperazine rings is 1. The molecule has 2 aliphatic rings. The molecule has 3 rings (SSSR count). The molecule has 0 radical (unpaired) electrons. The molecule has 2 heterocycles. The molecule has 1 aromatic heterocycles. The van der Waals surface area contributed by atoms with Crippen LogP contribution in [-0.4, -0.2) is 56.1 Å². The number of rotatable bonds is 4. The third-order valence-electron chi connectivity index (χ3n) is 5.18. The van der Waals surface area contributed by atoms with Crippen LogP contribution in [0.15, 0.2) is 28.9 Å². The van der Waals surface area contributed by atoms with Gasteiger partial charge in [0.2, 0.25) is 0 Å². The molecular formula is C18H29N3O. The number of hydrogen-bond acceptors (Lipinski definition) is 4. The minimum absolute atomic E-state index is 0.603. The Bertz CT molecular complexity index is 475. The maximum Gasteiger partial charge on any atom is 0.149 e. The molecule has 1 aliphatic heterocycles. The average Bonchev–Trinajstić information content (AvgIpc) is 3.08. The fraction of sp³-hybridized carbons (Fsp3) is 0.667. The summed E-state index contributed by atoms with van der Waals surface area (Å²) in [5, 5.41) is 3.51. The van der Waals surface area contributed by atoms with E-state index in [-0.39, 0.29) is 0 Å². The smallest absolute Gasteiger partial charge is 0.149 e. The lowest BCUT2D eigenvalue weighted by atomic mass is 9.83. The molecule has 4 nitrogen and oxygen atoms in total. The van der Waals surface area contributed by atoms with E-state index in [0.29, 0.717) is 12.0 Å². The minimum atomic E-state index is 0.603. The summed E-state index contributed by atoms with van der Waals surface area (Å²) < 4.78 is 5.74. The van der Waals surface area contributed by atoms with Gasteiger partial charge in [-0.05, 0) is 45.0 Å². The van der Waals surface area contributed by atoms with Gasteiger partial charge in [-0.15, -0.1) is 0 Å². The van der Waals surface area contributed by atoms with Gasteiger partial charge in [-0.2, -0.15) is 0 Å². The molecule has 2 atom stereocenters. The van der Waals surface area contributed by atoms with Crippen LogP contribution in [0.2, 0.25) is 0 Å². The summed E-state index contributed by atoms with van der Waals surface area (Å²) in [5.41, 5.74) is 1.30. The van der Waals surface area contributed by atoms with E-state index in [2.05, 4.69) is 41.4 Å². The molecule has 1 aliphatic carbocycles. The third kappa shape index (κ3) is 3.55. The van der Waals surface area contributed by atoms with Gasteiger partial charge in [0, 0.05) is 32.2 Å². The molecule has 0 amide bonds. The lowest BCUT2D eigenvalue weighted by Gasteiger charge is -2.36. The first-order chi connectivity index (χ1) is 10.8. The number of furan rings is 1. The van der Waals surface area contributed by atoms with Crippen molar-refractivity contribution in [1.29, 1.82) is 0 Å². The molecular weight excluding hydrogens is 274 g/mol. The highest BCUT2D eigenvalue weighted by atomic mass is 16.3. The second-order valence-electron chi connectivity index (χ2n) is 6.66. The molecule has 0 spiro atoms. The summed E-state index contributed by atoms with van der Waals surface area (Å²) in [7, 11) is 4.30. The second kappa shape index (κ2) is 7.34. The molecule has 2 fully saturated rings. The summed E-state index contributed by atoms with van der Waals surface area (Å²) in [6.07, 6.45) is 9.52. The highest BCUT2D eigenvalue weighted by molar-refractivity contribution is 5.60. The summed E-state index contributed by atoms with van der Waals surface area (Å²) in [4.78, 5) is 4.90. The summed E-state index contributed by atoms with van der Waals surface area (Å²) in [6, 6.07) is 4.70. The highest BCUT2D eigenvalue weighted by Gasteiger charge is 2.25. The molecule has 1 saturated carbocycles. The molecule has 1 N–H and O–H groups in total. The summed E-state index contributed by atoms with van der Waals surface area (Å²) in [6.45, 7) is 4.41. The van der Waals surface area contributed by atoms with E-state index < -0.39 is 0 Å². The predicted molar refractivity (Wildman–Crippen MR) is 90.6 cm³/mol. The quantitative estimate of drug-likeness (QED) is 0.926. The van der Waals surface area contributed by atoms with Crippen LogP contribution in [-0.2, 0) is 0 Å². The zero-order valence-electron chi connectivity index (χ0n) is 13.9. The fourth-order valence-electron chi connectivity index (χ4n) is 3.74. The Hall–Kier alpha value is -1.26. The topological polar surface area (TPSA) is 31.7 Å². The zero-order valence-corrected chi connectivity index (χ0v) is 13.9. The molecule has 2 unspecified atom stereocenters. The molecule has 4 heteroatoms. The van der Waals surface area contributed by atoms with Gasteiger partial charge in [0.15, 0.2) is 0 Å². The van der Waals surface area contributed by atoms with Gasteiger partial charge in [-0.3, -0.25) is 0 Å². The SMILES string of the molecule is CNC1CCCCC1C=C(c1ccco1)N1CCN(C)CC1. The van der Waals surface area contributed by atoms with Crippen LogP contribution < -0.4 is 5.32 Å². The number of hydrogen-bond donors (Lipinski definition) is 1. The van der Waals surface area contributed by atoms with E-state index in [9.17, 15) is 0 Å². The van der Waals surface area contributed by atoms with Crippen molar-refractivity contribution in [2.45, 2.75) is 31.7 Å². The Labute approximate surface area is 134 Å². The van der Waals surface area contributed by atoms with Gasteiger partial charge in [0.05, 0.1) is 12.0 Å². The van der Waals surface area contributed by atoms with Crippen molar-refractivity contribution in [3.63, 3.8) is 0 Å². The first-order valence-electron chi connectivity index (χ1n) is 8.64. The fourth-order valence-corrected chi connectivity index (χ4v) is 3.74. The molecule has 1 aromatic rings. The van der Waals surface area contributed by atoms with E-state index in [1.54, 1.807) is 6.26 Å². The van der Waals surface area contributed by atoms with Crippen LogP contribution in [0.5, 0.6) is 0 Å². The lowest BCUT2D eigenvalue weighted by Crippen LogP contribution is -2.44. The molecule has 0 aromatic carbocycles. The van der Waals surface area contributed by atoms with E-state index >= 15 is 0 Å². The first-order valence-corrected chi connectivity index (χ1v) is 8.64. The van der Waals surface area contributed by atoms with E-state index in [1.165, 1.54) is 31.4 Å². The van der Waals surface area contributed by atoms with Crippen molar-refractivity contribution in [3.05, 3.63) is 30.2 Å². The average molecular weight is 303 g/mol. The number of likely N-dealkylation sites (N-methyl/N-ethyl adjacent to an activating group) is 1. The van der Waals surface area contributed by atoms with Crippen LogP contribution in [0, 0.1) is 5.92 Å². The minimum Gasteiger partial charge on any atom is -0.463 e. The monoisotopic (exact) mass is 303 g/mol. The number of nitrogens with one attached hydrogen (secondary N) is 1. The van der Waals surface area contributed by atoms with Crippen LogP contribution in [0.3, 0.4) is 0 Å². The van der Waals surface area contributed by atoms with E-state index in [1.807, 2.05) is 6.07 Å². The van der Waals surface area contributed by atoms with E-state index in [4.69, 9.17) is 4.42 Å². The maximum atomic E-state index is 5.74. The standard InChI is InChI=1S/C18H29N3O/c1-19-16-7-4-3-6-15(16)14-17(18-8-5-13-22-18)21-11-9-20(2)10-12-21/h5,8,13-16,19H,3-4,6-7,9-12H2,1-2H3. The normalized spacial score (nSPS) is 28.1. The first kappa shape index (κ1) is 15.6. The highest BCUT2D eigenvalue weighted by Crippen LogP contribution is 2.30. The van der Waals surface area contributed by atoms with Gasteiger partial charge in [0.1, 0.15) is 5.76 Å². The Morgan fingerprint density at radius 1 is 1.23 bits per heavy atom. The molecule has 22 heavy (non-hydrogen) atoms. The number of nitrogens with zero attached hydrogens (tertiary/aromatic N) is 2. The van der Waals surface area contributed by atoms with Crippen molar-refractivity contribution in [1.82, 2.24) is 15.1 Å². The Kier molecular flexibility index (Phi) is 5.21. The maximum absolute atomic E-state index is 5.74. The van der Waals surface area contributed by atoms with Gasteiger partial charge in [-0.25, -0.2) is 0 Å². The molecule has 1 saturated heterocycles. The Balaban J connectivity index is 1.83. The largest absolute Gasteiger partial charge is 0.463 e. The molecule has 122 valence electrons. The zero-order chi connectivity index (χ0) is 15.4. The van der Waals surface area contributed by atoms with Crippen molar-refractivity contribution in [3.8, 4) is 0 Å². The summed E-state index contributed by atoms with van der Waals surface area (Å²) in [5.74, 6) is 1.63. The predicted octanol–water partition coefficient (Wildman–Crippen LogP) is 2.65. The van der Waals surface area contributed by atoms with Crippen molar-refractivity contribution in [2.24, 2.45) is 5.92 Å². The Morgan fingerprint density at radius 2 is 2.00 bits per heavy atom. The van der Waals surface area contributed by atoms with Crippen molar-refractivity contribution >= 4 is 5.70 Å². The Morgan fingerprint density at radius 3 is 2.68 bits per heavy atom. The van der Waals surface area contributed by atoms with Gasteiger partial charge < -0.3 is 19.5 Å². The van der Waals surface area contributed by atoms with Gasteiger partial charge >= 0.3 is 0 Å². The van der Waals surface area contributed by atoms with Crippen LogP contribution >= 0.6 is 0 Å². The van der Waals surface area contributed by atoms with Crippen molar-refractivity contribution in [2.75, 3.05) is 40.3 Å². The van der Waals surface area contributed by atoms with Crippen LogP contribution in [0.25, 0.3) is 5.70 Å². The third-order valence-corrected chi connectivity index (χ3v) is 5.18. The second-order valence-corrected chi connectivity index (χ2v) is 6.66.